The van der Waals surface area contributed by atoms with Crippen LogP contribution in [0.4, 0.5) is 17.4 Å². The van der Waals surface area contributed by atoms with E-state index in [2.05, 4.69) is 20.9 Å². The lowest BCUT2D eigenvalue weighted by Gasteiger charge is -2.11. The molecule has 0 aromatic carbocycles. The van der Waals surface area contributed by atoms with Gasteiger partial charge in [-0.25, -0.2) is 9.99 Å². The molecule has 3 rings (SSSR count). The Morgan fingerprint density at radius 1 is 1.36 bits per heavy atom. The van der Waals surface area contributed by atoms with Crippen molar-refractivity contribution in [2.75, 3.05) is 10.4 Å². The van der Waals surface area contributed by atoms with Gasteiger partial charge in [0.1, 0.15) is 6.26 Å². The Morgan fingerprint density at radius 2 is 2.36 bits per heavy atom. The van der Waals surface area contributed by atoms with E-state index in [1.807, 2.05) is 6.07 Å². The molecular weight excluding hydrogens is 182 g/mol. The molecule has 0 spiro atoms. The van der Waals surface area contributed by atoms with Crippen LogP contribution < -0.4 is 16.0 Å². The Morgan fingerprint density at radius 3 is 3.21 bits per heavy atom. The molecule has 70 valence electrons. The topological polar surface area (TPSA) is 66.2 Å². The molecule has 0 fully saturated rings. The first-order valence-electron chi connectivity index (χ1n) is 4.10. The highest BCUT2D eigenvalue weighted by atomic mass is 16.4. The van der Waals surface area contributed by atoms with Crippen LogP contribution in [0.2, 0.25) is 0 Å². The van der Waals surface area contributed by atoms with Crippen molar-refractivity contribution in [3.8, 4) is 0 Å². The van der Waals surface area contributed by atoms with E-state index in [-0.39, 0.29) is 0 Å². The number of anilines is 3. The van der Waals surface area contributed by atoms with Crippen molar-refractivity contribution in [3.63, 3.8) is 0 Å². The molecule has 0 amide bonds. The van der Waals surface area contributed by atoms with Gasteiger partial charge in [-0.1, -0.05) is 0 Å². The number of rotatable bonds is 1. The summed E-state index contributed by atoms with van der Waals surface area (Å²) in [6.07, 6.45) is 6.56. The van der Waals surface area contributed by atoms with Crippen molar-refractivity contribution < 1.29 is 4.42 Å². The molecule has 0 atom stereocenters. The van der Waals surface area contributed by atoms with Crippen molar-refractivity contribution in [1.29, 1.82) is 0 Å². The maximum Gasteiger partial charge on any atom is 0.318 e. The van der Waals surface area contributed by atoms with E-state index in [9.17, 15) is 0 Å². The zero-order valence-corrected chi connectivity index (χ0v) is 7.14. The molecule has 14 heavy (non-hydrogen) atoms. The van der Waals surface area contributed by atoms with Gasteiger partial charge in [-0.2, -0.15) is 0 Å². The molecule has 0 aliphatic carbocycles. The summed E-state index contributed by atoms with van der Waals surface area (Å²) in [4.78, 5) is 8.03. The van der Waals surface area contributed by atoms with E-state index in [4.69, 9.17) is 4.42 Å². The molecule has 3 heterocycles. The second-order valence-corrected chi connectivity index (χ2v) is 2.78. The van der Waals surface area contributed by atoms with Gasteiger partial charge < -0.3 is 4.42 Å². The number of nitrogens with zero attached hydrogens (tertiary/aromatic N) is 3. The van der Waals surface area contributed by atoms with Crippen molar-refractivity contribution in [3.05, 3.63) is 30.9 Å². The molecule has 6 nitrogen and oxygen atoms in total. The highest BCUT2D eigenvalue weighted by Gasteiger charge is 2.22. The fourth-order valence-corrected chi connectivity index (χ4v) is 1.33. The first-order valence-corrected chi connectivity index (χ1v) is 4.10. The maximum absolute atomic E-state index is 5.17. The SMILES string of the molecule is c1cc2c(cn1)NNN2c1ncco1. The Labute approximate surface area is 79.5 Å². The number of oxazole rings is 1. The van der Waals surface area contributed by atoms with Gasteiger partial charge in [-0.15, -0.1) is 5.53 Å². The molecule has 0 bridgehead atoms. The zero-order chi connectivity index (χ0) is 9.38. The van der Waals surface area contributed by atoms with Crippen molar-refractivity contribution in [2.45, 2.75) is 0 Å². The quantitative estimate of drug-likeness (QED) is 0.699. The number of aromatic nitrogens is 2. The van der Waals surface area contributed by atoms with Gasteiger partial charge in [0.2, 0.25) is 0 Å². The van der Waals surface area contributed by atoms with Crippen LogP contribution in [0.3, 0.4) is 0 Å². The normalized spacial score (nSPS) is 13.9. The average Bonchev–Trinajstić information content (AvgIpc) is 2.85. The predicted molar refractivity (Wildman–Crippen MR) is 49.6 cm³/mol. The third kappa shape index (κ3) is 0.944. The van der Waals surface area contributed by atoms with Gasteiger partial charge in [-0.05, 0) is 6.07 Å². The van der Waals surface area contributed by atoms with E-state index in [1.165, 1.54) is 6.26 Å². The molecule has 2 aromatic rings. The minimum Gasteiger partial charge on any atom is -0.431 e. The second-order valence-electron chi connectivity index (χ2n) is 2.78. The number of hydrogen-bond acceptors (Lipinski definition) is 6. The number of hydrazine groups is 2. The second kappa shape index (κ2) is 2.71. The van der Waals surface area contributed by atoms with E-state index >= 15 is 0 Å². The van der Waals surface area contributed by atoms with Crippen LogP contribution in [0.25, 0.3) is 0 Å². The fourth-order valence-electron chi connectivity index (χ4n) is 1.33. The molecular formula is C8H7N5O. The number of fused-ring (bicyclic) bond motifs is 1. The average molecular weight is 189 g/mol. The number of nitrogens with one attached hydrogen (secondary N) is 2. The fraction of sp³-hybridized carbons (Fsp3) is 0. The Bertz CT molecular complexity index is 441. The monoisotopic (exact) mass is 189 g/mol. The number of hydrogen-bond donors (Lipinski definition) is 2. The van der Waals surface area contributed by atoms with Gasteiger partial charge in [0.25, 0.3) is 0 Å². The first kappa shape index (κ1) is 7.34. The van der Waals surface area contributed by atoms with Crippen molar-refractivity contribution >= 4 is 17.4 Å². The number of pyridine rings is 1. The van der Waals surface area contributed by atoms with Crippen LogP contribution in [-0.4, -0.2) is 9.97 Å². The standard InChI is InChI=1S/C8H7N5O/c1-2-9-5-6-7(1)13(12-11-6)8-10-3-4-14-8/h1-5,11-12H. The van der Waals surface area contributed by atoms with Gasteiger partial charge in [0.05, 0.1) is 23.8 Å². The van der Waals surface area contributed by atoms with Crippen molar-refractivity contribution in [2.24, 2.45) is 0 Å². The van der Waals surface area contributed by atoms with E-state index in [0.29, 0.717) is 6.01 Å². The summed E-state index contributed by atoms with van der Waals surface area (Å²) >= 11 is 0. The minimum atomic E-state index is 0.488. The van der Waals surface area contributed by atoms with Crippen LogP contribution in [0.15, 0.2) is 35.3 Å². The molecule has 6 heteroatoms. The molecule has 1 aliphatic rings. The molecule has 0 unspecified atom stereocenters. The van der Waals surface area contributed by atoms with Crippen LogP contribution in [0.5, 0.6) is 0 Å². The van der Waals surface area contributed by atoms with E-state index < -0.39 is 0 Å². The third-order valence-electron chi connectivity index (χ3n) is 1.95. The summed E-state index contributed by atoms with van der Waals surface area (Å²) in [5, 5.41) is 1.71. The van der Waals surface area contributed by atoms with Crippen LogP contribution in [0.1, 0.15) is 0 Å². The molecule has 2 N–H and O–H groups in total. The summed E-state index contributed by atoms with van der Waals surface area (Å²) in [7, 11) is 0. The Balaban J connectivity index is 2.06. The lowest BCUT2D eigenvalue weighted by atomic mass is 10.3. The maximum atomic E-state index is 5.17. The van der Waals surface area contributed by atoms with E-state index in [1.54, 1.807) is 23.6 Å². The Hall–Kier alpha value is -2.08. The lowest BCUT2D eigenvalue weighted by Crippen LogP contribution is -2.31. The molecule has 0 saturated carbocycles. The summed E-state index contributed by atoms with van der Waals surface area (Å²) in [5.74, 6) is 0. The summed E-state index contributed by atoms with van der Waals surface area (Å²) < 4.78 is 5.17. The summed E-state index contributed by atoms with van der Waals surface area (Å²) in [6.45, 7) is 0. The summed E-state index contributed by atoms with van der Waals surface area (Å²) in [6, 6.07) is 2.36. The van der Waals surface area contributed by atoms with Gasteiger partial charge in [0, 0.05) is 6.20 Å². The lowest BCUT2D eigenvalue weighted by molar-refractivity contribution is 0.543. The summed E-state index contributed by atoms with van der Waals surface area (Å²) in [5.41, 5.74) is 7.69. The largest absolute Gasteiger partial charge is 0.431 e. The Kier molecular flexibility index (Phi) is 1.42. The van der Waals surface area contributed by atoms with Crippen molar-refractivity contribution in [1.82, 2.24) is 15.5 Å². The van der Waals surface area contributed by atoms with Gasteiger partial charge >= 0.3 is 6.01 Å². The van der Waals surface area contributed by atoms with Crippen LogP contribution >= 0.6 is 0 Å². The molecule has 1 aliphatic heterocycles. The minimum absolute atomic E-state index is 0.488. The van der Waals surface area contributed by atoms with Gasteiger partial charge in [-0.3, -0.25) is 10.4 Å². The molecule has 0 saturated heterocycles. The smallest absolute Gasteiger partial charge is 0.318 e. The van der Waals surface area contributed by atoms with Gasteiger partial charge in [0.15, 0.2) is 0 Å². The third-order valence-corrected chi connectivity index (χ3v) is 1.95. The zero-order valence-electron chi connectivity index (χ0n) is 7.14. The van der Waals surface area contributed by atoms with Crippen LogP contribution in [0, 0.1) is 0 Å². The first-order chi connectivity index (χ1) is 6.95. The highest BCUT2D eigenvalue weighted by molar-refractivity contribution is 5.75. The predicted octanol–water partition coefficient (Wildman–Crippen LogP) is 1.05. The van der Waals surface area contributed by atoms with E-state index in [0.717, 1.165) is 11.4 Å². The molecule has 0 radical (unpaired) electrons. The highest BCUT2D eigenvalue weighted by Crippen LogP contribution is 2.31. The van der Waals surface area contributed by atoms with Crippen LogP contribution in [-0.2, 0) is 0 Å². The molecule has 2 aromatic heterocycles.